The van der Waals surface area contributed by atoms with Gasteiger partial charge in [0, 0.05) is 0 Å². The van der Waals surface area contributed by atoms with Crippen molar-refractivity contribution in [3.05, 3.63) is 113 Å². The van der Waals surface area contributed by atoms with Crippen LogP contribution in [-0.4, -0.2) is 0 Å². The van der Waals surface area contributed by atoms with Gasteiger partial charge in [-0.2, -0.15) is 0 Å². The second-order valence-corrected chi connectivity index (χ2v) is 18.3. The van der Waals surface area contributed by atoms with Gasteiger partial charge < -0.3 is 24.8 Å². The summed E-state index contributed by atoms with van der Waals surface area (Å²) in [6.45, 7) is 0. The number of allylic oxidation sites excluding steroid dienone is 2. The molecule has 2 aliphatic rings. The Morgan fingerprint density at radius 3 is 1.57 bits per heavy atom. The third kappa shape index (κ3) is 4.15. The first kappa shape index (κ1) is 21.7. The summed E-state index contributed by atoms with van der Waals surface area (Å²) in [5.41, 5.74) is 6.01. The van der Waals surface area contributed by atoms with E-state index in [4.69, 9.17) is 0 Å². The van der Waals surface area contributed by atoms with Crippen LogP contribution in [0.25, 0.3) is 12.2 Å². The van der Waals surface area contributed by atoms with Crippen LogP contribution in [0, 0.1) is 0 Å². The summed E-state index contributed by atoms with van der Waals surface area (Å²) in [5.74, 6) is 0.982. The summed E-state index contributed by atoms with van der Waals surface area (Å²) in [6.07, 6.45) is 9.76. The minimum Gasteiger partial charge on any atom is -1.00 e. The molecule has 0 bridgehead atoms. The fourth-order valence-electron chi connectivity index (χ4n) is 4.08. The first-order valence-electron chi connectivity index (χ1n) is 9.13. The Labute approximate surface area is 188 Å². The third-order valence-electron chi connectivity index (χ3n) is 5.33. The van der Waals surface area contributed by atoms with Crippen molar-refractivity contribution in [3.63, 3.8) is 0 Å². The minimum absolute atomic E-state index is 0. The molecule has 28 heavy (non-hydrogen) atoms. The van der Waals surface area contributed by atoms with Crippen LogP contribution in [0.5, 0.6) is 0 Å². The average Bonchev–Trinajstić information content (AvgIpc) is 3.32. The van der Waals surface area contributed by atoms with Crippen molar-refractivity contribution < 1.29 is 46.0 Å². The minimum atomic E-state index is -1.91. The molecule has 139 valence electrons. The second-order valence-electron chi connectivity index (χ2n) is 6.88. The molecule has 0 aliphatic heterocycles. The van der Waals surface area contributed by atoms with Gasteiger partial charge >= 0.3 is 165 Å². The maximum absolute atomic E-state index is 2.52. The predicted molar refractivity (Wildman–Crippen MR) is 111 cm³/mol. The molecule has 3 aromatic rings. The Balaban J connectivity index is 0.00000112. The van der Waals surface area contributed by atoms with E-state index in [1.807, 2.05) is 0 Å². The van der Waals surface area contributed by atoms with Crippen molar-refractivity contribution in [3.8, 4) is 0 Å². The number of halogens is 2. The summed E-state index contributed by atoms with van der Waals surface area (Å²) >= 11 is -1.91. The van der Waals surface area contributed by atoms with Crippen molar-refractivity contribution in [1.82, 2.24) is 0 Å². The Morgan fingerprint density at radius 2 is 1.04 bits per heavy atom. The summed E-state index contributed by atoms with van der Waals surface area (Å²) in [6, 6.07) is 29.2. The summed E-state index contributed by atoms with van der Waals surface area (Å²) in [4.78, 5) is 0. The van der Waals surface area contributed by atoms with Crippen LogP contribution in [0.2, 0.25) is 0 Å². The molecule has 3 unspecified atom stereocenters. The van der Waals surface area contributed by atoms with Gasteiger partial charge in [0.25, 0.3) is 0 Å². The molecule has 0 radical (unpaired) electrons. The molecule has 3 atom stereocenters. The van der Waals surface area contributed by atoms with Gasteiger partial charge in [-0.05, 0) is 0 Å². The van der Waals surface area contributed by atoms with Gasteiger partial charge in [0.05, 0.1) is 0 Å². The monoisotopic (exact) mass is 499 g/mol. The van der Waals surface area contributed by atoms with Crippen LogP contribution >= 0.6 is 5.87 Å². The van der Waals surface area contributed by atoms with E-state index in [2.05, 4.69) is 103 Å². The van der Waals surface area contributed by atoms with Gasteiger partial charge in [0.2, 0.25) is 0 Å². The van der Waals surface area contributed by atoms with Gasteiger partial charge in [0.15, 0.2) is 0 Å². The molecule has 0 spiro atoms. The molecular weight excluding hydrogens is 481 g/mol. The zero-order valence-electron chi connectivity index (χ0n) is 15.2. The van der Waals surface area contributed by atoms with Gasteiger partial charge in [-0.15, -0.1) is 0 Å². The molecule has 0 heterocycles. The SMILES string of the molecule is C1=C[CH]([Zr+2]([PH]c2ccccc2)[CH]2C=Cc3ccccc32)c2ccccc21.[Cl-].[Cl-]. The molecule has 0 N–H and O–H groups in total. The van der Waals surface area contributed by atoms with E-state index < -0.39 is 21.2 Å². The summed E-state index contributed by atoms with van der Waals surface area (Å²) < 4.78 is 1.35. The Morgan fingerprint density at radius 1 is 0.571 bits per heavy atom. The number of benzene rings is 3. The van der Waals surface area contributed by atoms with E-state index in [9.17, 15) is 0 Å². The smallest absolute Gasteiger partial charge is 1.00 e. The first-order chi connectivity index (χ1) is 12.9. The molecular formula is C24H20Cl2PZr. The van der Waals surface area contributed by atoms with Crippen LogP contribution in [0.4, 0.5) is 0 Å². The molecule has 0 saturated carbocycles. The van der Waals surface area contributed by atoms with E-state index in [1.165, 1.54) is 16.4 Å². The Kier molecular flexibility index (Phi) is 7.52. The molecule has 5 rings (SSSR count). The molecule has 0 saturated heterocycles. The van der Waals surface area contributed by atoms with Crippen molar-refractivity contribution in [2.24, 2.45) is 0 Å². The van der Waals surface area contributed by atoms with Crippen molar-refractivity contribution in [2.45, 2.75) is 7.25 Å². The Bertz CT molecular complexity index is 939. The number of rotatable bonds is 4. The van der Waals surface area contributed by atoms with E-state index in [0.717, 1.165) is 5.87 Å². The van der Waals surface area contributed by atoms with E-state index in [0.29, 0.717) is 7.25 Å². The predicted octanol–water partition coefficient (Wildman–Crippen LogP) is 0.0678. The topological polar surface area (TPSA) is 0 Å². The summed E-state index contributed by atoms with van der Waals surface area (Å²) in [5, 5.41) is 1.54. The summed E-state index contributed by atoms with van der Waals surface area (Å²) in [7, 11) is 0. The number of hydrogen-bond donors (Lipinski definition) is 0. The molecule has 0 fully saturated rings. The van der Waals surface area contributed by atoms with Crippen LogP contribution in [0.3, 0.4) is 0 Å². The quantitative estimate of drug-likeness (QED) is 0.444. The molecule has 0 aromatic heterocycles. The van der Waals surface area contributed by atoms with Gasteiger partial charge in [-0.1, -0.05) is 0 Å². The maximum Gasteiger partial charge on any atom is -1.00 e. The zero-order chi connectivity index (χ0) is 17.3. The van der Waals surface area contributed by atoms with Crippen molar-refractivity contribution in [2.75, 3.05) is 0 Å². The number of fused-ring (bicyclic) bond motifs is 2. The van der Waals surface area contributed by atoms with Crippen LogP contribution in [0.15, 0.2) is 91.0 Å². The first-order valence-corrected chi connectivity index (χ1v) is 16.7. The van der Waals surface area contributed by atoms with Crippen LogP contribution < -0.4 is 30.1 Å². The molecule has 0 amide bonds. The zero-order valence-corrected chi connectivity index (χ0v) is 20.2. The van der Waals surface area contributed by atoms with E-state index in [1.54, 1.807) is 11.1 Å². The molecule has 2 aliphatic carbocycles. The van der Waals surface area contributed by atoms with E-state index in [-0.39, 0.29) is 24.8 Å². The van der Waals surface area contributed by atoms with Gasteiger partial charge in [-0.3, -0.25) is 0 Å². The van der Waals surface area contributed by atoms with Crippen molar-refractivity contribution >= 4 is 23.3 Å². The number of hydrogen-bond acceptors (Lipinski definition) is 0. The average molecular weight is 502 g/mol. The van der Waals surface area contributed by atoms with Gasteiger partial charge in [0.1, 0.15) is 0 Å². The molecule has 4 heteroatoms. The second kappa shape index (κ2) is 9.69. The third-order valence-corrected chi connectivity index (χ3v) is 19.9. The fourth-order valence-corrected chi connectivity index (χ4v) is 19.4. The normalized spacial score (nSPS) is 18.4. The molecule has 3 aromatic carbocycles. The van der Waals surface area contributed by atoms with Crippen molar-refractivity contribution in [1.29, 1.82) is 0 Å². The maximum atomic E-state index is 2.52. The fraction of sp³-hybridized carbons (Fsp3) is 0.0833. The molecule has 0 nitrogen and oxygen atoms in total. The van der Waals surface area contributed by atoms with E-state index >= 15 is 0 Å². The Hall–Kier alpha value is -0.967. The van der Waals surface area contributed by atoms with Crippen LogP contribution in [-0.2, 0) is 21.2 Å². The largest absolute Gasteiger partial charge is 1.00 e. The standard InChI is InChI=1S/2C9H7.C6H6P.2ClH.Zr/c2*1-2-5-9-7-3-6-8(9)4-1;7-6-4-2-1-3-5-6;;;/h2*1-7H;1-5,7H;2*1H;/q;;-1;;;+3/p-2. The van der Waals surface area contributed by atoms with Crippen LogP contribution in [0.1, 0.15) is 29.5 Å². The van der Waals surface area contributed by atoms with Gasteiger partial charge in [-0.25, -0.2) is 0 Å².